The summed E-state index contributed by atoms with van der Waals surface area (Å²) >= 11 is 0. The van der Waals surface area contributed by atoms with Gasteiger partial charge in [0, 0.05) is 37.4 Å². The molecule has 1 aliphatic rings. The van der Waals surface area contributed by atoms with E-state index in [-0.39, 0.29) is 18.3 Å². The van der Waals surface area contributed by atoms with Crippen LogP contribution in [-0.4, -0.2) is 47.3 Å². The second-order valence-electron chi connectivity index (χ2n) is 4.34. The molecule has 2 N–H and O–H groups in total. The molecule has 0 amide bonds. The van der Waals surface area contributed by atoms with Crippen molar-refractivity contribution in [3.8, 4) is 0 Å². The van der Waals surface area contributed by atoms with Crippen molar-refractivity contribution in [2.45, 2.75) is 13.0 Å². The molecule has 7 heteroatoms. The molecule has 1 aromatic rings. The largest absolute Gasteiger partial charge is 0.395 e. The number of hydrogen-bond acceptors (Lipinski definition) is 6. The first-order valence-corrected chi connectivity index (χ1v) is 5.82. The Kier molecular flexibility index (Phi) is 3.73. The third-order valence-electron chi connectivity index (χ3n) is 3.06. The van der Waals surface area contributed by atoms with Gasteiger partial charge in [-0.1, -0.05) is 0 Å². The number of pyridine rings is 1. The van der Waals surface area contributed by atoms with E-state index in [1.807, 2.05) is 4.90 Å². The number of anilines is 1. The molecule has 0 saturated carbocycles. The Bertz CT molecular complexity index is 452. The highest BCUT2D eigenvalue weighted by Crippen LogP contribution is 2.29. The van der Waals surface area contributed by atoms with E-state index in [9.17, 15) is 10.1 Å². The van der Waals surface area contributed by atoms with Crippen molar-refractivity contribution in [3.63, 3.8) is 0 Å². The predicted molar refractivity (Wildman–Crippen MR) is 66.7 cm³/mol. The Morgan fingerprint density at radius 2 is 2.50 bits per heavy atom. The highest BCUT2D eigenvalue weighted by atomic mass is 16.6. The van der Waals surface area contributed by atoms with Gasteiger partial charge in [-0.05, 0) is 13.0 Å². The number of nitrogens with one attached hydrogen (secondary N) is 1. The van der Waals surface area contributed by atoms with Crippen molar-refractivity contribution in [1.82, 2.24) is 10.3 Å². The first-order valence-electron chi connectivity index (χ1n) is 5.82. The zero-order valence-corrected chi connectivity index (χ0v) is 10.2. The van der Waals surface area contributed by atoms with Gasteiger partial charge < -0.3 is 15.3 Å². The Balaban J connectivity index is 2.32. The van der Waals surface area contributed by atoms with Crippen LogP contribution in [0.5, 0.6) is 0 Å². The van der Waals surface area contributed by atoms with E-state index in [4.69, 9.17) is 5.11 Å². The monoisotopic (exact) mass is 252 g/mol. The van der Waals surface area contributed by atoms with Crippen LogP contribution in [0.25, 0.3) is 0 Å². The number of nitrogens with zero attached hydrogens (tertiary/aromatic N) is 3. The van der Waals surface area contributed by atoms with Crippen LogP contribution in [0.2, 0.25) is 0 Å². The van der Waals surface area contributed by atoms with Gasteiger partial charge >= 0.3 is 5.69 Å². The van der Waals surface area contributed by atoms with Crippen LogP contribution < -0.4 is 10.2 Å². The van der Waals surface area contributed by atoms with E-state index in [1.54, 1.807) is 19.2 Å². The number of aryl methyl sites for hydroxylation is 1. The summed E-state index contributed by atoms with van der Waals surface area (Å²) in [6, 6.07) is 1.56. The van der Waals surface area contributed by atoms with Crippen molar-refractivity contribution in [2.75, 3.05) is 31.1 Å². The molecule has 7 nitrogen and oxygen atoms in total. The van der Waals surface area contributed by atoms with Gasteiger partial charge in [0.1, 0.15) is 0 Å². The lowest BCUT2D eigenvalue weighted by atomic mass is 10.2. The number of nitro groups is 1. The van der Waals surface area contributed by atoms with Crippen LogP contribution in [0.3, 0.4) is 0 Å². The summed E-state index contributed by atoms with van der Waals surface area (Å²) in [6.45, 7) is 3.56. The summed E-state index contributed by atoms with van der Waals surface area (Å²) in [6.07, 6.45) is 1.58. The average molecular weight is 252 g/mol. The number of aliphatic hydroxyl groups is 1. The Labute approximate surface area is 105 Å². The van der Waals surface area contributed by atoms with Crippen molar-refractivity contribution in [2.24, 2.45) is 0 Å². The highest BCUT2D eigenvalue weighted by Gasteiger charge is 2.27. The molecule has 1 fully saturated rings. The minimum absolute atomic E-state index is 0.0100. The fraction of sp³-hybridized carbons (Fsp3) is 0.545. The van der Waals surface area contributed by atoms with Gasteiger partial charge in [-0.3, -0.25) is 10.1 Å². The molecule has 1 saturated heterocycles. The first kappa shape index (κ1) is 12.7. The van der Waals surface area contributed by atoms with Crippen molar-refractivity contribution < 1.29 is 10.0 Å². The minimum atomic E-state index is -0.395. The summed E-state index contributed by atoms with van der Waals surface area (Å²) in [4.78, 5) is 16.7. The molecule has 1 unspecified atom stereocenters. The third-order valence-corrected chi connectivity index (χ3v) is 3.06. The normalized spacial score (nSPS) is 19.9. The van der Waals surface area contributed by atoms with Gasteiger partial charge in [0.2, 0.25) is 5.82 Å². The fourth-order valence-corrected chi connectivity index (χ4v) is 2.13. The van der Waals surface area contributed by atoms with Crippen LogP contribution in [0, 0.1) is 17.0 Å². The van der Waals surface area contributed by atoms with Crippen LogP contribution >= 0.6 is 0 Å². The van der Waals surface area contributed by atoms with Crippen molar-refractivity contribution in [1.29, 1.82) is 0 Å². The van der Waals surface area contributed by atoms with E-state index in [0.717, 1.165) is 0 Å². The van der Waals surface area contributed by atoms with Crippen molar-refractivity contribution in [3.05, 3.63) is 27.9 Å². The molecule has 0 aromatic carbocycles. The third kappa shape index (κ3) is 2.41. The fourth-order valence-electron chi connectivity index (χ4n) is 2.13. The van der Waals surface area contributed by atoms with E-state index in [1.165, 1.54) is 0 Å². The molecule has 1 aliphatic heterocycles. The van der Waals surface area contributed by atoms with E-state index in [0.29, 0.717) is 31.0 Å². The maximum Gasteiger partial charge on any atom is 0.314 e. The van der Waals surface area contributed by atoms with Crippen LogP contribution in [0.15, 0.2) is 12.3 Å². The number of rotatable bonds is 3. The molecule has 2 heterocycles. The second-order valence-corrected chi connectivity index (χ2v) is 4.34. The molecule has 0 bridgehead atoms. The van der Waals surface area contributed by atoms with Gasteiger partial charge in [-0.25, -0.2) is 4.98 Å². The number of aromatic nitrogens is 1. The van der Waals surface area contributed by atoms with Crippen LogP contribution in [0.4, 0.5) is 11.5 Å². The number of hydrogen-bond donors (Lipinski definition) is 2. The summed E-state index contributed by atoms with van der Waals surface area (Å²) in [5, 5.41) is 23.4. The molecule has 1 aromatic heterocycles. The standard InChI is InChI=1S/C11H16N4O3/c1-8-2-3-13-11(10(8)15(17)18)14-5-4-12-9(6-14)7-16/h2-3,9,12,16H,4-7H2,1H3. The lowest BCUT2D eigenvalue weighted by Gasteiger charge is -2.33. The van der Waals surface area contributed by atoms with Gasteiger partial charge in [-0.2, -0.15) is 0 Å². The molecule has 98 valence electrons. The highest BCUT2D eigenvalue weighted by molar-refractivity contribution is 5.61. The molecule has 0 spiro atoms. The summed E-state index contributed by atoms with van der Waals surface area (Å²) in [5.74, 6) is 0.389. The SMILES string of the molecule is Cc1ccnc(N2CCNC(CO)C2)c1[N+](=O)[O-]. The van der Waals surface area contributed by atoms with Gasteiger partial charge in [0.25, 0.3) is 0 Å². The lowest BCUT2D eigenvalue weighted by molar-refractivity contribution is -0.384. The molecule has 0 aliphatic carbocycles. The molecular formula is C11H16N4O3. The quantitative estimate of drug-likeness (QED) is 0.584. The average Bonchev–Trinajstić information content (AvgIpc) is 2.38. The Morgan fingerprint density at radius 3 is 3.17 bits per heavy atom. The van der Waals surface area contributed by atoms with Gasteiger partial charge in [-0.15, -0.1) is 0 Å². The van der Waals surface area contributed by atoms with Gasteiger partial charge in [0.15, 0.2) is 0 Å². The summed E-state index contributed by atoms with van der Waals surface area (Å²) in [5.41, 5.74) is 0.653. The maximum absolute atomic E-state index is 11.1. The minimum Gasteiger partial charge on any atom is -0.395 e. The second kappa shape index (κ2) is 5.28. The van der Waals surface area contributed by atoms with E-state index >= 15 is 0 Å². The Hall–Kier alpha value is -1.73. The number of aliphatic hydroxyl groups excluding tert-OH is 1. The first-order chi connectivity index (χ1) is 8.63. The van der Waals surface area contributed by atoms with Crippen LogP contribution in [-0.2, 0) is 0 Å². The smallest absolute Gasteiger partial charge is 0.314 e. The lowest BCUT2D eigenvalue weighted by Crippen LogP contribution is -2.52. The molecular weight excluding hydrogens is 236 g/mol. The molecule has 18 heavy (non-hydrogen) atoms. The summed E-state index contributed by atoms with van der Waals surface area (Å²) < 4.78 is 0. The van der Waals surface area contributed by atoms with Crippen LogP contribution in [0.1, 0.15) is 5.56 Å². The maximum atomic E-state index is 11.1. The molecule has 2 rings (SSSR count). The predicted octanol–water partition coefficient (Wildman–Crippen LogP) is 0.0687. The topological polar surface area (TPSA) is 91.5 Å². The van der Waals surface area contributed by atoms with E-state index < -0.39 is 4.92 Å². The zero-order chi connectivity index (χ0) is 13.1. The molecule has 1 atom stereocenters. The Morgan fingerprint density at radius 1 is 1.72 bits per heavy atom. The number of piperazine rings is 1. The molecule has 0 radical (unpaired) electrons. The van der Waals surface area contributed by atoms with Crippen molar-refractivity contribution >= 4 is 11.5 Å². The van der Waals surface area contributed by atoms with E-state index in [2.05, 4.69) is 10.3 Å². The zero-order valence-electron chi connectivity index (χ0n) is 10.2. The van der Waals surface area contributed by atoms with Gasteiger partial charge in [0.05, 0.1) is 11.5 Å². The summed E-state index contributed by atoms with van der Waals surface area (Å²) in [7, 11) is 0.